The first-order chi connectivity index (χ1) is 14.4. The fourth-order valence-corrected chi connectivity index (χ4v) is 3.78. The molecule has 0 aliphatic heterocycles. The largest absolute Gasteiger partial charge is 0.481 e. The predicted octanol–water partition coefficient (Wildman–Crippen LogP) is 2.75. The number of nitriles is 1. The van der Waals surface area contributed by atoms with Crippen LogP contribution in [0, 0.1) is 18.3 Å². The molecule has 3 rings (SSSR count). The Morgan fingerprint density at radius 1 is 1.23 bits per heavy atom. The predicted molar refractivity (Wildman–Crippen MR) is 109 cm³/mol. The Morgan fingerprint density at radius 2 is 2.00 bits per heavy atom. The summed E-state index contributed by atoms with van der Waals surface area (Å²) in [5.74, 6) is -0.420. The summed E-state index contributed by atoms with van der Waals surface area (Å²) in [7, 11) is 0. The zero-order valence-corrected chi connectivity index (χ0v) is 17.1. The maximum atomic E-state index is 12.1. The summed E-state index contributed by atoms with van der Waals surface area (Å²) in [6.07, 6.45) is 0. The quantitative estimate of drug-likeness (QED) is 0.565. The van der Waals surface area contributed by atoms with E-state index in [9.17, 15) is 9.59 Å². The van der Waals surface area contributed by atoms with Crippen LogP contribution in [0.3, 0.4) is 0 Å². The van der Waals surface area contributed by atoms with E-state index in [1.54, 1.807) is 38.1 Å². The van der Waals surface area contributed by atoms with E-state index < -0.39 is 11.9 Å². The highest BCUT2D eigenvalue weighted by Crippen LogP contribution is 2.33. The van der Waals surface area contributed by atoms with Crippen molar-refractivity contribution < 1.29 is 23.8 Å². The number of hydrogen-bond donors (Lipinski definition) is 1. The number of aromatic nitrogens is 2. The molecule has 0 aliphatic rings. The molecule has 0 unspecified atom stereocenters. The van der Waals surface area contributed by atoms with Crippen LogP contribution < -0.4 is 10.5 Å². The van der Waals surface area contributed by atoms with Gasteiger partial charge in [-0.05, 0) is 31.5 Å². The van der Waals surface area contributed by atoms with Gasteiger partial charge in [0.1, 0.15) is 27.3 Å². The van der Waals surface area contributed by atoms with E-state index in [-0.39, 0.29) is 31.5 Å². The van der Waals surface area contributed by atoms with Crippen molar-refractivity contribution in [3.63, 3.8) is 0 Å². The minimum Gasteiger partial charge on any atom is -0.481 e. The number of aryl methyl sites for hydroxylation is 1. The highest BCUT2D eigenvalue weighted by Gasteiger charge is 2.20. The fourth-order valence-electron chi connectivity index (χ4n) is 2.68. The van der Waals surface area contributed by atoms with Crippen LogP contribution in [0.4, 0.5) is 5.82 Å². The van der Waals surface area contributed by atoms with Crippen molar-refractivity contribution in [2.45, 2.75) is 20.5 Å². The number of para-hydroxylation sites is 1. The molecule has 0 bridgehead atoms. The monoisotopic (exact) mass is 426 g/mol. The maximum absolute atomic E-state index is 12.1. The molecule has 0 fully saturated rings. The van der Waals surface area contributed by atoms with Crippen molar-refractivity contribution in [1.29, 1.82) is 5.26 Å². The molecule has 10 heteroatoms. The lowest BCUT2D eigenvalue weighted by Gasteiger charge is -2.08. The highest BCUT2D eigenvalue weighted by atomic mass is 32.1. The molecule has 0 aliphatic carbocycles. The number of esters is 2. The summed E-state index contributed by atoms with van der Waals surface area (Å²) in [5, 5.41) is 9.61. The molecule has 0 atom stereocenters. The highest BCUT2D eigenvalue weighted by molar-refractivity contribution is 7.20. The number of carbonyl (C=O) groups excluding carboxylic acids is 2. The fraction of sp³-hybridized carbons (Fsp3) is 0.250. The average Bonchev–Trinajstić information content (AvgIpc) is 3.08. The van der Waals surface area contributed by atoms with Crippen LogP contribution in [0.1, 0.15) is 33.5 Å². The number of ether oxygens (including phenoxy) is 3. The van der Waals surface area contributed by atoms with Crippen LogP contribution in [0.25, 0.3) is 10.2 Å². The van der Waals surface area contributed by atoms with Crippen LogP contribution >= 0.6 is 11.3 Å². The maximum Gasteiger partial charge on any atom is 0.348 e. The first kappa shape index (κ1) is 21.0. The molecule has 9 nitrogen and oxygen atoms in total. The molecule has 3 aromatic rings. The number of nitrogens with zero attached hydrogens (tertiary/aromatic N) is 3. The number of carbonyl (C=O) groups is 2. The molecular formula is C20H18N4O5S. The van der Waals surface area contributed by atoms with Gasteiger partial charge in [0.2, 0.25) is 0 Å². The molecule has 0 radical (unpaired) electrons. The SMILES string of the molecule is CCOC(=O)c1sc2nc(COC(=O)COc3ccccc3C#N)nc(N)c2c1C. The summed E-state index contributed by atoms with van der Waals surface area (Å²) >= 11 is 1.14. The number of hydrogen-bond acceptors (Lipinski definition) is 10. The summed E-state index contributed by atoms with van der Waals surface area (Å²) < 4.78 is 15.5. The Bertz CT molecular complexity index is 1150. The Kier molecular flexibility index (Phi) is 6.44. The molecule has 0 saturated heterocycles. The van der Waals surface area contributed by atoms with Crippen LogP contribution in [0.2, 0.25) is 0 Å². The molecule has 0 saturated carbocycles. The number of nitrogens with two attached hydrogens (primary N) is 1. The van der Waals surface area contributed by atoms with Crippen molar-refractivity contribution >= 4 is 39.3 Å². The van der Waals surface area contributed by atoms with Crippen LogP contribution in [-0.4, -0.2) is 35.1 Å². The third kappa shape index (κ3) is 4.47. The summed E-state index contributed by atoms with van der Waals surface area (Å²) in [5.41, 5.74) is 6.99. The van der Waals surface area contributed by atoms with E-state index in [0.717, 1.165) is 11.3 Å². The van der Waals surface area contributed by atoms with E-state index >= 15 is 0 Å². The second-order valence-corrected chi connectivity index (χ2v) is 7.04. The molecule has 0 amide bonds. The third-order valence-electron chi connectivity index (χ3n) is 4.04. The minimum atomic E-state index is -0.653. The van der Waals surface area contributed by atoms with E-state index in [1.165, 1.54) is 0 Å². The zero-order valence-electron chi connectivity index (χ0n) is 16.3. The van der Waals surface area contributed by atoms with Gasteiger partial charge in [-0.1, -0.05) is 12.1 Å². The summed E-state index contributed by atoms with van der Waals surface area (Å²) in [6, 6.07) is 8.54. The van der Waals surface area contributed by atoms with E-state index in [2.05, 4.69) is 9.97 Å². The molecule has 2 aromatic heterocycles. The van der Waals surface area contributed by atoms with Gasteiger partial charge in [-0.15, -0.1) is 11.3 Å². The first-order valence-electron chi connectivity index (χ1n) is 8.94. The molecule has 2 heterocycles. The van der Waals surface area contributed by atoms with Gasteiger partial charge in [-0.2, -0.15) is 5.26 Å². The van der Waals surface area contributed by atoms with Crippen molar-refractivity contribution in [3.05, 3.63) is 46.1 Å². The van der Waals surface area contributed by atoms with Crippen molar-refractivity contribution in [3.8, 4) is 11.8 Å². The lowest BCUT2D eigenvalue weighted by molar-refractivity contribution is -0.147. The van der Waals surface area contributed by atoms with Gasteiger partial charge in [0.15, 0.2) is 19.0 Å². The third-order valence-corrected chi connectivity index (χ3v) is 5.21. The molecule has 2 N–H and O–H groups in total. The number of fused-ring (bicyclic) bond motifs is 1. The Balaban J connectivity index is 1.68. The van der Waals surface area contributed by atoms with Gasteiger partial charge in [-0.3, -0.25) is 0 Å². The number of benzene rings is 1. The standard InChI is InChI=1S/C20H18N4O5S/c1-3-27-20(26)17-11(2)16-18(22)23-14(24-19(16)30-17)9-29-15(25)10-28-13-7-5-4-6-12(13)8-21/h4-7H,3,9-10H2,1-2H3,(H2,22,23,24). The normalized spacial score (nSPS) is 10.4. The van der Waals surface area contributed by atoms with Gasteiger partial charge in [0.05, 0.1) is 17.6 Å². The van der Waals surface area contributed by atoms with Crippen LogP contribution in [0.15, 0.2) is 24.3 Å². The molecular weight excluding hydrogens is 408 g/mol. The minimum absolute atomic E-state index is 0.189. The summed E-state index contributed by atoms with van der Waals surface area (Å²) in [4.78, 5) is 33.5. The topological polar surface area (TPSA) is 137 Å². The van der Waals surface area contributed by atoms with Crippen molar-refractivity contribution in [2.24, 2.45) is 0 Å². The molecule has 154 valence electrons. The lowest BCUT2D eigenvalue weighted by Crippen LogP contribution is -2.16. The summed E-state index contributed by atoms with van der Waals surface area (Å²) in [6.45, 7) is 3.15. The number of nitrogen functional groups attached to an aromatic ring is 1. The molecule has 1 aromatic carbocycles. The Hall–Kier alpha value is -3.71. The number of thiophene rings is 1. The van der Waals surface area contributed by atoms with Gasteiger partial charge in [-0.25, -0.2) is 19.6 Å². The Morgan fingerprint density at radius 3 is 2.73 bits per heavy atom. The second-order valence-electron chi connectivity index (χ2n) is 6.04. The molecule has 0 spiro atoms. The Labute approximate surface area is 176 Å². The lowest BCUT2D eigenvalue weighted by atomic mass is 10.2. The van der Waals surface area contributed by atoms with Crippen molar-refractivity contribution in [2.75, 3.05) is 18.9 Å². The second kappa shape index (κ2) is 9.19. The van der Waals surface area contributed by atoms with Gasteiger partial charge in [0, 0.05) is 0 Å². The average molecular weight is 426 g/mol. The number of rotatable bonds is 7. The van der Waals surface area contributed by atoms with Crippen molar-refractivity contribution in [1.82, 2.24) is 9.97 Å². The van der Waals surface area contributed by atoms with E-state index in [1.807, 2.05) is 6.07 Å². The van der Waals surface area contributed by atoms with Gasteiger partial charge >= 0.3 is 11.9 Å². The van der Waals surface area contributed by atoms with Gasteiger partial charge < -0.3 is 19.9 Å². The van der Waals surface area contributed by atoms with E-state index in [0.29, 0.717) is 32.0 Å². The first-order valence-corrected chi connectivity index (χ1v) is 9.76. The van der Waals surface area contributed by atoms with E-state index in [4.69, 9.17) is 25.2 Å². The van der Waals surface area contributed by atoms with Crippen LogP contribution in [0.5, 0.6) is 5.75 Å². The number of anilines is 1. The smallest absolute Gasteiger partial charge is 0.348 e. The zero-order chi connectivity index (χ0) is 21.7. The van der Waals surface area contributed by atoms with Crippen LogP contribution in [-0.2, 0) is 20.9 Å². The van der Waals surface area contributed by atoms with Gasteiger partial charge in [0.25, 0.3) is 0 Å². The molecule has 30 heavy (non-hydrogen) atoms.